The van der Waals surface area contributed by atoms with Gasteiger partial charge in [0.05, 0.1) is 10.8 Å². The third kappa shape index (κ3) is 5.00. The third-order valence-electron chi connectivity index (χ3n) is 7.38. The van der Waals surface area contributed by atoms with Gasteiger partial charge in [-0.15, -0.1) is 0 Å². The Morgan fingerprint density at radius 1 is 1.03 bits per heavy atom. The van der Waals surface area contributed by atoms with Gasteiger partial charge in [0.2, 0.25) is 21.8 Å². The van der Waals surface area contributed by atoms with Gasteiger partial charge in [0.25, 0.3) is 0 Å². The maximum Gasteiger partial charge on any atom is 0.243 e. The summed E-state index contributed by atoms with van der Waals surface area (Å²) in [4.78, 5) is 27.6. The molecule has 1 N–H and O–H groups in total. The van der Waals surface area contributed by atoms with E-state index in [1.807, 2.05) is 42.2 Å². The van der Waals surface area contributed by atoms with Gasteiger partial charge < -0.3 is 10.2 Å². The Balaban J connectivity index is 1.24. The van der Waals surface area contributed by atoms with Crippen molar-refractivity contribution in [1.82, 2.24) is 9.62 Å². The average molecular weight is 496 g/mol. The molecule has 8 heteroatoms. The number of nitrogens with zero attached hydrogens (tertiary/aromatic N) is 2. The Morgan fingerprint density at radius 2 is 1.80 bits per heavy atom. The SMILES string of the molecule is C[C@H]1Cc2cc(S(=O)(=O)N3CCC[C@H](C(=O)NCCc4ccccc4)C3)ccc2N1C(=O)C1CC1. The normalized spacial score (nSPS) is 22.6. The van der Waals surface area contributed by atoms with Gasteiger partial charge in [-0.25, -0.2) is 8.42 Å². The van der Waals surface area contributed by atoms with Crippen molar-refractivity contribution in [3.8, 4) is 0 Å². The van der Waals surface area contributed by atoms with Gasteiger partial charge in [0.15, 0.2) is 0 Å². The summed E-state index contributed by atoms with van der Waals surface area (Å²) in [6, 6.07) is 15.1. The van der Waals surface area contributed by atoms with Gasteiger partial charge in [-0.1, -0.05) is 30.3 Å². The van der Waals surface area contributed by atoms with E-state index >= 15 is 0 Å². The fourth-order valence-electron chi connectivity index (χ4n) is 5.27. The maximum absolute atomic E-state index is 13.5. The minimum absolute atomic E-state index is 0.0370. The van der Waals surface area contributed by atoms with E-state index < -0.39 is 10.0 Å². The molecule has 186 valence electrons. The van der Waals surface area contributed by atoms with Gasteiger partial charge in [0, 0.05) is 37.3 Å². The van der Waals surface area contributed by atoms with Crippen LogP contribution in [0.3, 0.4) is 0 Å². The molecular weight excluding hydrogens is 462 g/mol. The van der Waals surface area contributed by atoms with Gasteiger partial charge in [-0.3, -0.25) is 9.59 Å². The third-order valence-corrected chi connectivity index (χ3v) is 9.24. The van der Waals surface area contributed by atoms with Crippen molar-refractivity contribution in [2.75, 3.05) is 24.5 Å². The molecule has 2 amide bonds. The summed E-state index contributed by atoms with van der Waals surface area (Å²) in [5.41, 5.74) is 2.89. The number of sulfonamides is 1. The average Bonchev–Trinajstić information content (AvgIpc) is 3.66. The highest BCUT2D eigenvalue weighted by molar-refractivity contribution is 7.89. The van der Waals surface area contributed by atoms with Gasteiger partial charge in [0.1, 0.15) is 0 Å². The standard InChI is InChI=1S/C27H33N3O4S/c1-19-16-23-17-24(11-12-25(23)30(19)27(32)21-9-10-21)35(33,34)29-15-5-8-22(18-29)26(31)28-14-13-20-6-3-2-4-7-20/h2-4,6-7,11-12,17,19,21-22H,5,8-10,13-16,18H2,1H3,(H,28,31)/t19-,22-/m0/s1. The molecule has 7 nitrogen and oxygen atoms in total. The monoisotopic (exact) mass is 495 g/mol. The predicted molar refractivity (Wildman–Crippen MR) is 134 cm³/mol. The van der Waals surface area contributed by atoms with Crippen molar-refractivity contribution in [3.63, 3.8) is 0 Å². The number of piperidine rings is 1. The number of carbonyl (C=O) groups excluding carboxylic acids is 2. The fourth-order valence-corrected chi connectivity index (χ4v) is 6.85. The molecule has 0 bridgehead atoms. The second kappa shape index (κ2) is 9.74. The van der Waals surface area contributed by atoms with Gasteiger partial charge in [-0.2, -0.15) is 4.31 Å². The number of hydrogen-bond donors (Lipinski definition) is 1. The molecule has 0 radical (unpaired) electrons. The van der Waals surface area contributed by atoms with E-state index in [4.69, 9.17) is 0 Å². The lowest BCUT2D eigenvalue weighted by molar-refractivity contribution is -0.126. The smallest absolute Gasteiger partial charge is 0.243 e. The molecule has 1 saturated carbocycles. The summed E-state index contributed by atoms with van der Waals surface area (Å²) in [7, 11) is -3.72. The molecule has 0 aromatic heterocycles. The molecule has 0 spiro atoms. The Bertz CT molecular complexity index is 1210. The van der Waals surface area contributed by atoms with Gasteiger partial charge >= 0.3 is 0 Å². The van der Waals surface area contributed by atoms with Crippen molar-refractivity contribution in [1.29, 1.82) is 0 Å². The molecule has 2 aromatic rings. The fraction of sp³-hybridized carbons (Fsp3) is 0.481. The Hall–Kier alpha value is -2.71. The number of rotatable bonds is 7. The number of anilines is 1. The molecule has 2 aromatic carbocycles. The number of hydrogen-bond acceptors (Lipinski definition) is 4. The van der Waals surface area contributed by atoms with Crippen molar-refractivity contribution < 1.29 is 18.0 Å². The predicted octanol–water partition coefficient (Wildman–Crippen LogP) is 3.13. The summed E-state index contributed by atoms with van der Waals surface area (Å²) >= 11 is 0. The van der Waals surface area contributed by atoms with Crippen LogP contribution in [0.25, 0.3) is 0 Å². The zero-order valence-corrected chi connectivity index (χ0v) is 21.0. The largest absolute Gasteiger partial charge is 0.355 e. The Morgan fingerprint density at radius 3 is 2.54 bits per heavy atom. The zero-order valence-electron chi connectivity index (χ0n) is 20.2. The molecule has 2 atom stereocenters. The first-order valence-corrected chi connectivity index (χ1v) is 14.1. The van der Waals surface area contributed by atoms with Crippen LogP contribution in [0.15, 0.2) is 53.4 Å². The zero-order chi connectivity index (χ0) is 24.6. The van der Waals surface area contributed by atoms with E-state index in [2.05, 4.69) is 5.32 Å². The highest BCUT2D eigenvalue weighted by Crippen LogP contribution is 2.40. The molecule has 2 fully saturated rings. The first-order valence-electron chi connectivity index (χ1n) is 12.6. The topological polar surface area (TPSA) is 86.8 Å². The summed E-state index contributed by atoms with van der Waals surface area (Å²) in [5.74, 6) is -0.159. The van der Waals surface area contributed by atoms with Crippen LogP contribution < -0.4 is 10.2 Å². The molecule has 2 aliphatic heterocycles. The number of fused-ring (bicyclic) bond motifs is 1. The first kappa shape index (κ1) is 24.0. The minimum Gasteiger partial charge on any atom is -0.355 e. The van der Waals surface area contributed by atoms with Crippen molar-refractivity contribution in [2.45, 2.75) is 56.4 Å². The number of amides is 2. The minimum atomic E-state index is -3.72. The van der Waals surface area contributed by atoms with E-state index in [1.54, 1.807) is 18.2 Å². The van der Waals surface area contributed by atoms with Crippen LogP contribution >= 0.6 is 0 Å². The number of carbonyl (C=O) groups is 2. The highest BCUT2D eigenvalue weighted by Gasteiger charge is 2.40. The lowest BCUT2D eigenvalue weighted by Crippen LogP contribution is -2.45. The lowest BCUT2D eigenvalue weighted by atomic mass is 9.99. The molecular formula is C27H33N3O4S. The lowest BCUT2D eigenvalue weighted by Gasteiger charge is -2.31. The van der Waals surface area contributed by atoms with Crippen LogP contribution in [0.4, 0.5) is 5.69 Å². The van der Waals surface area contributed by atoms with E-state index in [0.717, 1.165) is 36.1 Å². The molecule has 2 heterocycles. The molecule has 1 saturated heterocycles. The molecule has 5 rings (SSSR count). The summed E-state index contributed by atoms with van der Waals surface area (Å²) in [6.07, 6.45) is 4.63. The molecule has 1 aliphatic carbocycles. The molecule has 3 aliphatic rings. The second-order valence-electron chi connectivity index (χ2n) is 10.1. The van der Waals surface area contributed by atoms with Crippen LogP contribution in [0, 0.1) is 11.8 Å². The van der Waals surface area contributed by atoms with Crippen LogP contribution in [-0.2, 0) is 32.5 Å². The molecule has 0 unspecified atom stereocenters. The van der Waals surface area contributed by atoms with Crippen LogP contribution in [-0.4, -0.2) is 50.2 Å². The van der Waals surface area contributed by atoms with Crippen molar-refractivity contribution >= 4 is 27.5 Å². The van der Waals surface area contributed by atoms with Crippen molar-refractivity contribution in [3.05, 3.63) is 59.7 Å². The summed E-state index contributed by atoms with van der Waals surface area (Å²) in [6.45, 7) is 3.15. The van der Waals surface area contributed by atoms with Gasteiger partial charge in [-0.05, 0) is 74.8 Å². The van der Waals surface area contributed by atoms with E-state index in [0.29, 0.717) is 32.4 Å². The van der Waals surface area contributed by atoms with E-state index in [1.165, 1.54) is 4.31 Å². The first-order chi connectivity index (χ1) is 16.8. The van der Waals surface area contributed by atoms with E-state index in [-0.39, 0.29) is 41.1 Å². The molecule has 35 heavy (non-hydrogen) atoms. The quantitative estimate of drug-likeness (QED) is 0.639. The van der Waals surface area contributed by atoms with Crippen LogP contribution in [0.5, 0.6) is 0 Å². The van der Waals surface area contributed by atoms with Crippen LogP contribution in [0.1, 0.15) is 43.7 Å². The Labute approximate surface area is 207 Å². The second-order valence-corrected chi connectivity index (χ2v) is 12.0. The number of nitrogens with one attached hydrogen (secondary N) is 1. The highest BCUT2D eigenvalue weighted by atomic mass is 32.2. The summed E-state index contributed by atoms with van der Waals surface area (Å²) in [5, 5.41) is 2.98. The maximum atomic E-state index is 13.5. The number of benzene rings is 2. The Kier molecular flexibility index (Phi) is 6.68. The van der Waals surface area contributed by atoms with E-state index in [9.17, 15) is 18.0 Å². The summed E-state index contributed by atoms with van der Waals surface area (Å²) < 4.78 is 28.4. The van der Waals surface area contributed by atoms with Crippen molar-refractivity contribution in [2.24, 2.45) is 11.8 Å². The van der Waals surface area contributed by atoms with Crippen LogP contribution in [0.2, 0.25) is 0 Å².